The van der Waals surface area contributed by atoms with Crippen LogP contribution < -0.4 is 15.2 Å². The van der Waals surface area contributed by atoms with Gasteiger partial charge < -0.3 is 15.2 Å². The van der Waals surface area contributed by atoms with Gasteiger partial charge in [0.05, 0.1) is 5.69 Å². The third-order valence-electron chi connectivity index (χ3n) is 3.56. The number of benzene rings is 3. The minimum atomic E-state index is 0.391. The summed E-state index contributed by atoms with van der Waals surface area (Å²) in [6, 6.07) is 23.3. The molecule has 3 aromatic carbocycles. The molecule has 0 heterocycles. The van der Waals surface area contributed by atoms with Crippen LogP contribution in [0.15, 0.2) is 72.8 Å². The number of anilines is 1. The molecule has 0 atom stereocenters. The fourth-order valence-corrected chi connectivity index (χ4v) is 2.56. The molecule has 122 valence electrons. The maximum atomic E-state index is 6.42. The summed E-state index contributed by atoms with van der Waals surface area (Å²) >= 11 is 6.42. The van der Waals surface area contributed by atoms with E-state index in [0.29, 0.717) is 35.4 Å². The fraction of sp³-hybridized carbons (Fsp3) is 0.100. The quantitative estimate of drug-likeness (QED) is 0.637. The van der Waals surface area contributed by atoms with E-state index >= 15 is 0 Å². The maximum Gasteiger partial charge on any atom is 0.165 e. The van der Waals surface area contributed by atoms with Crippen LogP contribution in [-0.4, -0.2) is 0 Å². The Labute approximate surface area is 146 Å². The van der Waals surface area contributed by atoms with Gasteiger partial charge in [-0.25, -0.2) is 0 Å². The van der Waals surface area contributed by atoms with Gasteiger partial charge in [-0.2, -0.15) is 0 Å². The molecule has 4 heteroatoms. The predicted octanol–water partition coefficient (Wildman–Crippen LogP) is 5.08. The molecule has 0 aromatic heterocycles. The van der Waals surface area contributed by atoms with E-state index in [2.05, 4.69) is 0 Å². The van der Waals surface area contributed by atoms with Crippen LogP contribution in [-0.2, 0) is 13.2 Å². The molecule has 0 amide bonds. The van der Waals surface area contributed by atoms with Gasteiger partial charge in [0.2, 0.25) is 0 Å². The monoisotopic (exact) mass is 339 g/mol. The summed E-state index contributed by atoms with van der Waals surface area (Å²) in [6.45, 7) is 0.829. The van der Waals surface area contributed by atoms with Crippen molar-refractivity contribution in [3.05, 3.63) is 88.9 Å². The summed E-state index contributed by atoms with van der Waals surface area (Å²) in [7, 11) is 0. The first-order valence-electron chi connectivity index (χ1n) is 7.65. The van der Waals surface area contributed by atoms with Gasteiger partial charge in [-0.3, -0.25) is 0 Å². The lowest BCUT2D eigenvalue weighted by atomic mass is 10.2. The topological polar surface area (TPSA) is 44.5 Å². The van der Waals surface area contributed by atoms with Gasteiger partial charge in [0, 0.05) is 0 Å². The molecule has 0 fully saturated rings. The number of hydrogen-bond acceptors (Lipinski definition) is 3. The van der Waals surface area contributed by atoms with Crippen LogP contribution >= 0.6 is 11.6 Å². The molecule has 0 unspecified atom stereocenters. The van der Waals surface area contributed by atoms with Crippen molar-refractivity contribution >= 4 is 17.3 Å². The Morgan fingerprint density at radius 1 is 0.708 bits per heavy atom. The smallest absolute Gasteiger partial charge is 0.165 e. The van der Waals surface area contributed by atoms with Crippen LogP contribution in [0.5, 0.6) is 11.5 Å². The van der Waals surface area contributed by atoms with Crippen LogP contribution in [0.3, 0.4) is 0 Å². The Balaban J connectivity index is 1.72. The summed E-state index contributed by atoms with van der Waals surface area (Å²) in [5.41, 5.74) is 8.60. The van der Waals surface area contributed by atoms with Gasteiger partial charge in [0.15, 0.2) is 5.75 Å². The van der Waals surface area contributed by atoms with Crippen LogP contribution in [0.2, 0.25) is 5.02 Å². The second-order valence-electron chi connectivity index (χ2n) is 5.34. The van der Waals surface area contributed by atoms with E-state index in [1.165, 1.54) is 0 Å². The molecule has 0 aliphatic carbocycles. The predicted molar refractivity (Wildman–Crippen MR) is 97.4 cm³/mol. The molecule has 3 rings (SSSR count). The Hall–Kier alpha value is -2.65. The Morgan fingerprint density at radius 2 is 1.25 bits per heavy atom. The Kier molecular flexibility index (Phi) is 5.24. The highest BCUT2D eigenvalue weighted by molar-refractivity contribution is 6.34. The average Bonchev–Trinajstić information content (AvgIpc) is 2.63. The van der Waals surface area contributed by atoms with Gasteiger partial charge in [-0.15, -0.1) is 0 Å². The van der Waals surface area contributed by atoms with Gasteiger partial charge in [-0.05, 0) is 23.3 Å². The average molecular weight is 340 g/mol. The van der Waals surface area contributed by atoms with E-state index in [-0.39, 0.29) is 0 Å². The van der Waals surface area contributed by atoms with Gasteiger partial charge in [0.1, 0.15) is 24.0 Å². The van der Waals surface area contributed by atoms with Crippen molar-refractivity contribution in [3.63, 3.8) is 0 Å². The molecule has 0 aliphatic heterocycles. The molecule has 0 spiro atoms. The molecule has 0 bridgehead atoms. The van der Waals surface area contributed by atoms with Crippen LogP contribution in [0.1, 0.15) is 11.1 Å². The summed E-state index contributed by atoms with van der Waals surface area (Å²) in [5.74, 6) is 1.00. The highest BCUT2D eigenvalue weighted by atomic mass is 35.5. The fourth-order valence-electron chi connectivity index (χ4n) is 2.28. The number of nitrogens with two attached hydrogens (primary N) is 1. The van der Waals surface area contributed by atoms with Gasteiger partial charge in [0.25, 0.3) is 0 Å². The van der Waals surface area contributed by atoms with E-state index in [1.54, 1.807) is 12.1 Å². The van der Waals surface area contributed by atoms with Crippen molar-refractivity contribution < 1.29 is 9.47 Å². The van der Waals surface area contributed by atoms with Crippen molar-refractivity contribution in [3.8, 4) is 11.5 Å². The molecule has 3 aromatic rings. The van der Waals surface area contributed by atoms with Crippen LogP contribution in [0.25, 0.3) is 0 Å². The molecule has 0 aliphatic rings. The van der Waals surface area contributed by atoms with Crippen LogP contribution in [0.4, 0.5) is 5.69 Å². The van der Waals surface area contributed by atoms with Crippen molar-refractivity contribution in [1.29, 1.82) is 0 Å². The van der Waals surface area contributed by atoms with Crippen molar-refractivity contribution in [1.82, 2.24) is 0 Å². The zero-order valence-corrected chi connectivity index (χ0v) is 13.9. The largest absolute Gasteiger partial charge is 0.487 e. The van der Waals surface area contributed by atoms with E-state index in [1.807, 2.05) is 60.7 Å². The summed E-state index contributed by atoms with van der Waals surface area (Å²) < 4.78 is 11.6. The first kappa shape index (κ1) is 16.2. The highest BCUT2D eigenvalue weighted by Gasteiger charge is 2.13. The van der Waals surface area contributed by atoms with E-state index < -0.39 is 0 Å². The first-order chi connectivity index (χ1) is 11.7. The minimum absolute atomic E-state index is 0.391. The van der Waals surface area contributed by atoms with Gasteiger partial charge >= 0.3 is 0 Å². The second-order valence-corrected chi connectivity index (χ2v) is 5.72. The lowest BCUT2D eigenvalue weighted by Gasteiger charge is -2.14. The van der Waals surface area contributed by atoms with Crippen molar-refractivity contribution in [2.75, 3.05) is 5.73 Å². The van der Waals surface area contributed by atoms with E-state index in [9.17, 15) is 0 Å². The number of halogens is 1. The zero-order valence-electron chi connectivity index (χ0n) is 13.1. The third kappa shape index (κ3) is 4.00. The molecule has 24 heavy (non-hydrogen) atoms. The third-order valence-corrected chi connectivity index (χ3v) is 3.91. The minimum Gasteiger partial charge on any atom is -0.487 e. The van der Waals surface area contributed by atoms with Crippen LogP contribution in [0, 0.1) is 0 Å². The number of ether oxygens (including phenoxy) is 2. The molecule has 0 radical (unpaired) electrons. The van der Waals surface area contributed by atoms with Gasteiger partial charge in [-0.1, -0.05) is 72.3 Å². The number of hydrogen-bond donors (Lipinski definition) is 1. The molecule has 0 saturated heterocycles. The van der Waals surface area contributed by atoms with Crippen molar-refractivity contribution in [2.24, 2.45) is 0 Å². The summed E-state index contributed by atoms with van der Waals surface area (Å²) in [6.07, 6.45) is 0. The molecular weight excluding hydrogens is 322 g/mol. The lowest BCUT2D eigenvalue weighted by Crippen LogP contribution is -2.02. The number of rotatable bonds is 6. The summed E-state index contributed by atoms with van der Waals surface area (Å²) in [5, 5.41) is 0.391. The molecule has 3 nitrogen and oxygen atoms in total. The first-order valence-corrected chi connectivity index (χ1v) is 8.03. The Bertz CT molecular complexity index is 791. The summed E-state index contributed by atoms with van der Waals surface area (Å²) in [4.78, 5) is 0. The normalized spacial score (nSPS) is 10.4. The van der Waals surface area contributed by atoms with Crippen molar-refractivity contribution in [2.45, 2.75) is 13.2 Å². The lowest BCUT2D eigenvalue weighted by molar-refractivity contribution is 0.291. The Morgan fingerprint density at radius 3 is 1.83 bits per heavy atom. The molecule has 2 N–H and O–H groups in total. The molecular formula is C20H18ClNO2. The SMILES string of the molecule is Nc1ccc(OCc2ccccc2)c(Cl)c1OCc1ccccc1. The van der Waals surface area contributed by atoms with E-state index in [0.717, 1.165) is 11.1 Å². The maximum absolute atomic E-state index is 6.42. The number of nitrogen functional groups attached to an aromatic ring is 1. The van der Waals surface area contributed by atoms with E-state index in [4.69, 9.17) is 26.8 Å². The second kappa shape index (κ2) is 7.75. The zero-order chi connectivity index (χ0) is 16.8. The molecule has 0 saturated carbocycles. The standard InChI is InChI=1S/C20H18ClNO2/c21-19-18(23-13-15-7-3-1-4-8-15)12-11-17(22)20(19)24-14-16-9-5-2-6-10-16/h1-12H,13-14,22H2. The highest BCUT2D eigenvalue weighted by Crippen LogP contribution is 2.39.